The number of Topliss-reactive ketones (excluding diaryl/α,β-unsaturated/α-hetero) is 1. The number of rotatable bonds is 5. The van der Waals surface area contributed by atoms with Crippen molar-refractivity contribution in [2.75, 3.05) is 13.1 Å². The van der Waals surface area contributed by atoms with Crippen LogP contribution in [0.1, 0.15) is 50.4 Å². The standard InChI is InChI=1S/C14H23N3O/c1-4-14(3,16-8-6-7-9-16)13(18)12-10-15-17(5-2)11-12/h10-11H,4-9H2,1-3H3. The van der Waals surface area contributed by atoms with Crippen molar-refractivity contribution in [3.8, 4) is 0 Å². The van der Waals surface area contributed by atoms with Gasteiger partial charge in [-0.15, -0.1) is 0 Å². The van der Waals surface area contributed by atoms with E-state index in [2.05, 4.69) is 23.8 Å². The summed E-state index contributed by atoms with van der Waals surface area (Å²) in [4.78, 5) is 15.1. The molecule has 1 aromatic heterocycles. The average Bonchev–Trinajstić information content (AvgIpc) is 3.07. The van der Waals surface area contributed by atoms with Crippen molar-refractivity contribution in [2.45, 2.75) is 52.1 Å². The van der Waals surface area contributed by atoms with E-state index in [1.165, 1.54) is 12.8 Å². The molecule has 0 spiro atoms. The number of carbonyl (C=O) groups excluding carboxylic acids is 1. The highest BCUT2D eigenvalue weighted by atomic mass is 16.1. The van der Waals surface area contributed by atoms with Crippen LogP contribution in [-0.4, -0.2) is 39.1 Å². The molecule has 0 amide bonds. The van der Waals surface area contributed by atoms with Gasteiger partial charge in [-0.1, -0.05) is 6.92 Å². The van der Waals surface area contributed by atoms with Crippen LogP contribution in [0.25, 0.3) is 0 Å². The molecule has 100 valence electrons. The van der Waals surface area contributed by atoms with Crippen LogP contribution in [0.2, 0.25) is 0 Å². The predicted octanol–water partition coefficient (Wildman–Crippen LogP) is 2.35. The van der Waals surface area contributed by atoms with E-state index in [4.69, 9.17) is 0 Å². The lowest BCUT2D eigenvalue weighted by Gasteiger charge is -2.36. The smallest absolute Gasteiger partial charge is 0.185 e. The minimum atomic E-state index is -0.363. The number of hydrogen-bond donors (Lipinski definition) is 0. The van der Waals surface area contributed by atoms with E-state index >= 15 is 0 Å². The van der Waals surface area contributed by atoms with Gasteiger partial charge in [-0.3, -0.25) is 14.4 Å². The first-order chi connectivity index (χ1) is 8.61. The third-order valence-corrected chi connectivity index (χ3v) is 4.20. The van der Waals surface area contributed by atoms with E-state index in [1.54, 1.807) is 6.20 Å². The van der Waals surface area contributed by atoms with Crippen LogP contribution in [0.5, 0.6) is 0 Å². The molecule has 2 rings (SSSR count). The van der Waals surface area contributed by atoms with Gasteiger partial charge in [0.2, 0.25) is 0 Å². The summed E-state index contributed by atoms with van der Waals surface area (Å²) in [5, 5.41) is 4.21. The molecule has 0 bridgehead atoms. The van der Waals surface area contributed by atoms with Crippen molar-refractivity contribution in [1.29, 1.82) is 0 Å². The molecule has 4 heteroatoms. The van der Waals surface area contributed by atoms with Crippen molar-refractivity contribution in [2.24, 2.45) is 0 Å². The number of aryl methyl sites for hydroxylation is 1. The van der Waals surface area contributed by atoms with Crippen LogP contribution in [0.4, 0.5) is 0 Å². The van der Waals surface area contributed by atoms with E-state index < -0.39 is 0 Å². The maximum Gasteiger partial charge on any atom is 0.185 e. The van der Waals surface area contributed by atoms with Crippen molar-refractivity contribution in [3.05, 3.63) is 18.0 Å². The summed E-state index contributed by atoms with van der Waals surface area (Å²) >= 11 is 0. The third kappa shape index (κ3) is 2.21. The molecule has 0 aromatic carbocycles. The topological polar surface area (TPSA) is 38.1 Å². The fourth-order valence-electron chi connectivity index (χ4n) is 2.70. The minimum Gasteiger partial charge on any atom is -0.292 e. The Labute approximate surface area is 109 Å². The van der Waals surface area contributed by atoms with Crippen LogP contribution in [-0.2, 0) is 6.54 Å². The Hall–Kier alpha value is -1.16. The van der Waals surface area contributed by atoms with E-state index in [9.17, 15) is 4.79 Å². The highest BCUT2D eigenvalue weighted by Gasteiger charge is 2.39. The minimum absolute atomic E-state index is 0.214. The molecule has 0 N–H and O–H groups in total. The van der Waals surface area contributed by atoms with Gasteiger partial charge >= 0.3 is 0 Å². The number of nitrogens with zero attached hydrogens (tertiary/aromatic N) is 3. The maximum atomic E-state index is 12.7. The van der Waals surface area contributed by atoms with Gasteiger partial charge in [-0.05, 0) is 46.2 Å². The van der Waals surface area contributed by atoms with Gasteiger partial charge in [0.15, 0.2) is 5.78 Å². The third-order valence-electron chi connectivity index (χ3n) is 4.20. The molecule has 1 unspecified atom stereocenters. The zero-order valence-electron chi connectivity index (χ0n) is 11.6. The van der Waals surface area contributed by atoms with Gasteiger partial charge in [0.1, 0.15) is 0 Å². The van der Waals surface area contributed by atoms with Crippen molar-refractivity contribution < 1.29 is 4.79 Å². The second-order valence-corrected chi connectivity index (χ2v) is 5.24. The molecule has 4 nitrogen and oxygen atoms in total. The monoisotopic (exact) mass is 249 g/mol. The molecule has 1 fully saturated rings. The molecule has 1 aromatic rings. The average molecular weight is 249 g/mol. The summed E-state index contributed by atoms with van der Waals surface area (Å²) in [6, 6.07) is 0. The van der Waals surface area contributed by atoms with Crippen LogP contribution < -0.4 is 0 Å². The van der Waals surface area contributed by atoms with Crippen LogP contribution in [0, 0.1) is 0 Å². The molecule has 1 atom stereocenters. The molecule has 18 heavy (non-hydrogen) atoms. The van der Waals surface area contributed by atoms with Crippen molar-refractivity contribution in [3.63, 3.8) is 0 Å². The second kappa shape index (κ2) is 5.22. The van der Waals surface area contributed by atoms with E-state index in [0.717, 1.165) is 31.6 Å². The predicted molar refractivity (Wildman–Crippen MR) is 71.7 cm³/mol. The van der Waals surface area contributed by atoms with E-state index in [1.807, 2.05) is 17.8 Å². The molecular formula is C14H23N3O. The summed E-state index contributed by atoms with van der Waals surface area (Å²) < 4.78 is 1.81. The van der Waals surface area contributed by atoms with Gasteiger partial charge in [0.25, 0.3) is 0 Å². The molecule has 2 heterocycles. The van der Waals surface area contributed by atoms with Gasteiger partial charge in [-0.2, -0.15) is 5.10 Å². The van der Waals surface area contributed by atoms with Crippen LogP contribution >= 0.6 is 0 Å². The summed E-state index contributed by atoms with van der Waals surface area (Å²) in [6.07, 6.45) is 6.83. The number of aromatic nitrogens is 2. The van der Waals surface area contributed by atoms with Crippen LogP contribution in [0.15, 0.2) is 12.4 Å². The molecule has 0 aliphatic carbocycles. The highest BCUT2D eigenvalue weighted by molar-refractivity contribution is 6.02. The number of likely N-dealkylation sites (tertiary alicyclic amines) is 1. The normalized spacial score (nSPS) is 19.9. The summed E-state index contributed by atoms with van der Waals surface area (Å²) in [7, 11) is 0. The highest BCUT2D eigenvalue weighted by Crippen LogP contribution is 2.28. The molecular weight excluding hydrogens is 226 g/mol. The lowest BCUT2D eigenvalue weighted by Crippen LogP contribution is -2.50. The fraction of sp³-hybridized carbons (Fsp3) is 0.714. The zero-order valence-corrected chi connectivity index (χ0v) is 11.6. The Morgan fingerprint density at radius 3 is 2.56 bits per heavy atom. The Bertz CT molecular complexity index is 420. The molecule has 1 aliphatic rings. The lowest BCUT2D eigenvalue weighted by atomic mass is 9.88. The summed E-state index contributed by atoms with van der Waals surface area (Å²) in [5.41, 5.74) is 0.381. The zero-order chi connectivity index (χ0) is 13.2. The Kier molecular flexibility index (Phi) is 3.85. The largest absolute Gasteiger partial charge is 0.292 e. The Balaban J connectivity index is 2.23. The second-order valence-electron chi connectivity index (χ2n) is 5.24. The summed E-state index contributed by atoms with van der Waals surface area (Å²) in [6.45, 7) is 9.08. The Morgan fingerprint density at radius 2 is 2.06 bits per heavy atom. The van der Waals surface area contributed by atoms with Gasteiger partial charge in [-0.25, -0.2) is 0 Å². The number of carbonyl (C=O) groups is 1. The molecule has 1 aliphatic heterocycles. The fourth-order valence-corrected chi connectivity index (χ4v) is 2.70. The summed E-state index contributed by atoms with van der Waals surface area (Å²) in [5.74, 6) is 0.214. The molecule has 0 saturated carbocycles. The van der Waals surface area contributed by atoms with E-state index in [-0.39, 0.29) is 11.3 Å². The first-order valence-corrected chi connectivity index (χ1v) is 6.94. The first-order valence-electron chi connectivity index (χ1n) is 6.94. The molecule has 0 radical (unpaired) electrons. The SMILES string of the molecule is CCn1cc(C(=O)C(C)(CC)N2CCCC2)cn1. The quantitative estimate of drug-likeness (QED) is 0.752. The maximum absolute atomic E-state index is 12.7. The molecule has 1 saturated heterocycles. The Morgan fingerprint density at radius 1 is 1.39 bits per heavy atom. The first kappa shape index (κ1) is 13.3. The van der Waals surface area contributed by atoms with Crippen LogP contribution in [0.3, 0.4) is 0 Å². The van der Waals surface area contributed by atoms with Crippen molar-refractivity contribution >= 4 is 5.78 Å². The number of ketones is 1. The van der Waals surface area contributed by atoms with E-state index in [0.29, 0.717) is 0 Å². The lowest BCUT2D eigenvalue weighted by molar-refractivity contribution is 0.0647. The van der Waals surface area contributed by atoms with Gasteiger partial charge in [0.05, 0.1) is 17.3 Å². The van der Waals surface area contributed by atoms with Gasteiger partial charge < -0.3 is 0 Å². The number of hydrogen-bond acceptors (Lipinski definition) is 3. The van der Waals surface area contributed by atoms with Crippen molar-refractivity contribution in [1.82, 2.24) is 14.7 Å². The van der Waals surface area contributed by atoms with Gasteiger partial charge in [0, 0.05) is 12.7 Å².